The van der Waals surface area contributed by atoms with Crippen LogP contribution in [0.1, 0.15) is 11.1 Å². The zero-order chi connectivity index (χ0) is 18.3. The molecule has 0 unspecified atom stereocenters. The van der Waals surface area contributed by atoms with Crippen molar-refractivity contribution in [1.29, 1.82) is 0 Å². The third-order valence-electron chi connectivity index (χ3n) is 4.70. The lowest BCUT2D eigenvalue weighted by Gasteiger charge is -2.17. The summed E-state index contributed by atoms with van der Waals surface area (Å²) in [6.07, 6.45) is 3.63. The smallest absolute Gasteiger partial charge is 0.124 e. The fourth-order valence-electron chi connectivity index (χ4n) is 3.64. The van der Waals surface area contributed by atoms with Crippen LogP contribution in [0.2, 0.25) is 5.02 Å². The molecule has 0 spiro atoms. The lowest BCUT2D eigenvalue weighted by molar-refractivity contribution is 1.31. The largest absolute Gasteiger partial charge is 0.384 e. The van der Waals surface area contributed by atoms with E-state index in [1.54, 1.807) is 0 Å². The van der Waals surface area contributed by atoms with Gasteiger partial charge in [0.1, 0.15) is 5.82 Å². The summed E-state index contributed by atoms with van der Waals surface area (Å²) < 4.78 is 0. The lowest BCUT2D eigenvalue weighted by Crippen LogP contribution is -1.98. The lowest BCUT2D eigenvalue weighted by atomic mass is 9.89. The molecule has 26 heavy (non-hydrogen) atoms. The van der Waals surface area contributed by atoms with Gasteiger partial charge in [-0.05, 0) is 72.0 Å². The van der Waals surface area contributed by atoms with Gasteiger partial charge < -0.3 is 5.73 Å². The molecular weight excluding hydrogens is 342 g/mol. The van der Waals surface area contributed by atoms with E-state index in [2.05, 4.69) is 29.9 Å². The molecule has 0 aliphatic heterocycles. The van der Waals surface area contributed by atoms with Crippen LogP contribution in [0, 0.1) is 13.8 Å². The second kappa shape index (κ2) is 6.43. The summed E-state index contributed by atoms with van der Waals surface area (Å²) in [6.45, 7) is 4.23. The highest BCUT2D eigenvalue weighted by Gasteiger charge is 2.16. The third kappa shape index (κ3) is 2.71. The molecule has 128 valence electrons. The number of hydrogen-bond donors (Lipinski definition) is 1. The van der Waals surface area contributed by atoms with E-state index in [4.69, 9.17) is 17.3 Å². The van der Waals surface area contributed by atoms with E-state index in [-0.39, 0.29) is 0 Å². The van der Waals surface area contributed by atoms with Crippen LogP contribution in [-0.4, -0.2) is 9.97 Å². The molecule has 4 heteroatoms. The highest BCUT2D eigenvalue weighted by Crippen LogP contribution is 2.40. The van der Waals surface area contributed by atoms with Crippen molar-refractivity contribution in [2.24, 2.45) is 0 Å². The Morgan fingerprint density at radius 3 is 2.38 bits per heavy atom. The first-order chi connectivity index (χ1) is 12.6. The Morgan fingerprint density at radius 1 is 0.923 bits per heavy atom. The fraction of sp³-hybridized carbons (Fsp3) is 0.0909. The molecule has 0 fully saturated rings. The minimum atomic E-state index is 0.489. The number of halogens is 1. The highest BCUT2D eigenvalue weighted by molar-refractivity contribution is 6.33. The number of nitrogens with two attached hydrogens (primary N) is 1. The van der Waals surface area contributed by atoms with Crippen LogP contribution in [0.3, 0.4) is 0 Å². The van der Waals surface area contributed by atoms with Crippen molar-refractivity contribution in [2.75, 3.05) is 5.73 Å². The van der Waals surface area contributed by atoms with E-state index in [1.165, 1.54) is 5.56 Å². The molecule has 2 N–H and O–H groups in total. The number of nitrogens with zero attached hydrogens (tertiary/aromatic N) is 2. The first-order valence-corrected chi connectivity index (χ1v) is 8.80. The molecule has 4 rings (SSSR count). The molecule has 4 aromatic rings. The summed E-state index contributed by atoms with van der Waals surface area (Å²) in [4.78, 5) is 8.70. The van der Waals surface area contributed by atoms with Crippen molar-refractivity contribution in [2.45, 2.75) is 13.8 Å². The number of aryl methyl sites for hydroxylation is 2. The molecule has 0 atom stereocenters. The maximum atomic E-state index is 6.48. The molecule has 2 aromatic carbocycles. The molecule has 3 nitrogen and oxygen atoms in total. The van der Waals surface area contributed by atoms with Crippen LogP contribution < -0.4 is 5.73 Å². The van der Waals surface area contributed by atoms with Gasteiger partial charge in [0.25, 0.3) is 0 Å². The molecule has 0 bridgehead atoms. The second-order valence-corrected chi connectivity index (χ2v) is 6.81. The van der Waals surface area contributed by atoms with E-state index < -0.39 is 0 Å². The van der Waals surface area contributed by atoms with Gasteiger partial charge in [0.15, 0.2) is 0 Å². The Morgan fingerprint density at radius 2 is 1.65 bits per heavy atom. The number of anilines is 1. The van der Waals surface area contributed by atoms with Crippen molar-refractivity contribution >= 4 is 28.3 Å². The summed E-state index contributed by atoms with van der Waals surface area (Å²) in [5, 5.41) is 1.77. The molecule has 0 radical (unpaired) electrons. The van der Waals surface area contributed by atoms with E-state index in [0.29, 0.717) is 10.8 Å². The number of nitrogen functional groups attached to an aromatic ring is 1. The van der Waals surface area contributed by atoms with Crippen molar-refractivity contribution in [3.63, 3.8) is 0 Å². The summed E-state index contributed by atoms with van der Waals surface area (Å²) in [6, 6.07) is 15.9. The van der Waals surface area contributed by atoms with Gasteiger partial charge in [-0.2, -0.15) is 0 Å². The molecule has 0 saturated heterocycles. The van der Waals surface area contributed by atoms with Gasteiger partial charge in [-0.25, -0.2) is 4.98 Å². The second-order valence-electron chi connectivity index (χ2n) is 6.40. The van der Waals surface area contributed by atoms with Gasteiger partial charge in [-0.15, -0.1) is 0 Å². The Labute approximate surface area is 157 Å². The zero-order valence-corrected chi connectivity index (χ0v) is 15.4. The quantitative estimate of drug-likeness (QED) is 0.491. The van der Waals surface area contributed by atoms with Crippen LogP contribution in [0.4, 0.5) is 5.82 Å². The SMILES string of the molecule is Cc1cc2nc(N)cc(-c3ccccc3Cl)c2c(C)c1-c1ccncc1. The van der Waals surface area contributed by atoms with Crippen molar-refractivity contribution < 1.29 is 0 Å². The summed E-state index contributed by atoms with van der Waals surface area (Å²) >= 11 is 6.48. The number of pyridine rings is 2. The topological polar surface area (TPSA) is 51.8 Å². The predicted octanol–water partition coefficient (Wildman–Crippen LogP) is 5.82. The van der Waals surface area contributed by atoms with Gasteiger partial charge in [-0.1, -0.05) is 29.8 Å². The van der Waals surface area contributed by atoms with Crippen LogP contribution in [0.15, 0.2) is 60.9 Å². The van der Waals surface area contributed by atoms with Crippen LogP contribution in [-0.2, 0) is 0 Å². The van der Waals surface area contributed by atoms with Gasteiger partial charge in [0.2, 0.25) is 0 Å². The summed E-state index contributed by atoms with van der Waals surface area (Å²) in [5.41, 5.74) is 13.6. The van der Waals surface area contributed by atoms with E-state index in [1.807, 2.05) is 54.9 Å². The maximum Gasteiger partial charge on any atom is 0.124 e. The highest BCUT2D eigenvalue weighted by atomic mass is 35.5. The normalized spacial score (nSPS) is 11.0. The van der Waals surface area contributed by atoms with Crippen LogP contribution >= 0.6 is 11.6 Å². The molecule has 2 heterocycles. The van der Waals surface area contributed by atoms with Crippen molar-refractivity contribution in [3.8, 4) is 22.3 Å². The Hall–Kier alpha value is -2.91. The van der Waals surface area contributed by atoms with Gasteiger partial charge in [0, 0.05) is 28.4 Å². The number of rotatable bonds is 2. The van der Waals surface area contributed by atoms with Gasteiger partial charge in [0.05, 0.1) is 5.52 Å². The third-order valence-corrected chi connectivity index (χ3v) is 5.03. The summed E-state index contributed by atoms with van der Waals surface area (Å²) in [5.74, 6) is 0.489. The molecule has 0 aliphatic carbocycles. The van der Waals surface area contributed by atoms with Gasteiger partial charge >= 0.3 is 0 Å². The van der Waals surface area contributed by atoms with Gasteiger partial charge in [-0.3, -0.25) is 4.98 Å². The number of benzene rings is 2. The van der Waals surface area contributed by atoms with Crippen molar-refractivity contribution in [1.82, 2.24) is 9.97 Å². The molecule has 0 saturated carbocycles. The molecule has 2 aromatic heterocycles. The number of aromatic nitrogens is 2. The average Bonchev–Trinajstić information content (AvgIpc) is 2.62. The Kier molecular flexibility index (Phi) is 4.09. The van der Waals surface area contributed by atoms with Crippen LogP contribution in [0.25, 0.3) is 33.2 Å². The standard InChI is InChI=1S/C22H18ClN3/c1-13-11-19-22(14(2)21(13)15-7-9-25-10-8-15)17(12-20(24)26-19)16-5-3-4-6-18(16)23/h3-12H,1-2H3,(H2,24,26). The minimum absolute atomic E-state index is 0.489. The fourth-order valence-corrected chi connectivity index (χ4v) is 3.87. The number of fused-ring (bicyclic) bond motifs is 1. The summed E-state index contributed by atoms with van der Waals surface area (Å²) in [7, 11) is 0. The molecule has 0 amide bonds. The Bertz CT molecular complexity index is 1120. The van der Waals surface area contributed by atoms with Crippen LogP contribution in [0.5, 0.6) is 0 Å². The molecule has 0 aliphatic rings. The van der Waals surface area contributed by atoms with Crippen molar-refractivity contribution in [3.05, 3.63) is 77.1 Å². The molecular formula is C22H18ClN3. The van der Waals surface area contributed by atoms with E-state index >= 15 is 0 Å². The number of hydrogen-bond acceptors (Lipinski definition) is 3. The van der Waals surface area contributed by atoms with E-state index in [9.17, 15) is 0 Å². The first-order valence-electron chi connectivity index (χ1n) is 8.42. The van der Waals surface area contributed by atoms with E-state index in [0.717, 1.165) is 38.7 Å². The predicted molar refractivity (Wildman–Crippen MR) is 109 cm³/mol. The minimum Gasteiger partial charge on any atom is -0.384 e. The maximum absolute atomic E-state index is 6.48. The Balaban J connectivity index is 2.13. The monoisotopic (exact) mass is 359 g/mol. The first kappa shape index (κ1) is 16.6. The average molecular weight is 360 g/mol. The zero-order valence-electron chi connectivity index (χ0n) is 14.6.